The molecule has 0 aliphatic carbocycles. The largest absolute Gasteiger partial charge is 0.397 e. The van der Waals surface area contributed by atoms with Gasteiger partial charge in [0, 0.05) is 0 Å². The Bertz CT molecular complexity index is 594. The Labute approximate surface area is 129 Å². The van der Waals surface area contributed by atoms with Crippen LogP contribution in [-0.4, -0.2) is 0 Å². The van der Waals surface area contributed by atoms with Crippen LogP contribution in [0.3, 0.4) is 0 Å². The van der Waals surface area contributed by atoms with Crippen LogP contribution < -0.4 is 11.5 Å². The van der Waals surface area contributed by atoms with Crippen LogP contribution in [0, 0.1) is 0 Å². The lowest BCUT2D eigenvalue weighted by atomic mass is 9.97. The number of benzene rings is 2. The minimum absolute atomic E-state index is 0.574. The number of hydrogen-bond donors (Lipinski definition) is 2. The molecule has 0 aromatic heterocycles. The lowest BCUT2D eigenvalue weighted by molar-refractivity contribution is 1.14. The summed E-state index contributed by atoms with van der Waals surface area (Å²) in [5.74, 6) is 0. The first kappa shape index (κ1) is 15.0. The molecule has 0 aliphatic heterocycles. The van der Waals surface area contributed by atoms with Crippen LogP contribution in [-0.2, 0) is 12.8 Å². The van der Waals surface area contributed by atoms with Crippen LogP contribution in [0.1, 0.15) is 25.0 Å². The normalized spacial score (nSPS) is 10.8. The molecule has 0 heterocycles. The molecular weight excluding hydrogens is 291 g/mol. The zero-order chi connectivity index (χ0) is 14.9. The quantitative estimate of drug-likeness (QED) is 0.788. The van der Waals surface area contributed by atoms with Crippen molar-refractivity contribution < 1.29 is 0 Å². The van der Waals surface area contributed by atoms with Gasteiger partial charge in [0.2, 0.25) is 0 Å². The molecule has 106 valence electrons. The maximum Gasteiger partial charge on any atom is 0.0644 e. The molecule has 2 nitrogen and oxygen atoms in total. The van der Waals surface area contributed by atoms with E-state index in [1.807, 2.05) is 12.1 Å². The Balaban J connectivity index is 2.62. The van der Waals surface area contributed by atoms with Gasteiger partial charge in [0.25, 0.3) is 0 Å². The molecule has 20 heavy (non-hydrogen) atoms. The Hall–Kier alpha value is -1.38. The fourth-order valence-electron chi connectivity index (χ4n) is 2.27. The molecule has 0 spiro atoms. The topological polar surface area (TPSA) is 52.0 Å². The average Bonchev–Trinajstić information content (AvgIpc) is 2.44. The maximum absolute atomic E-state index is 6.21. The average molecular weight is 309 g/mol. The number of hydrogen-bond acceptors (Lipinski definition) is 2. The zero-order valence-corrected chi connectivity index (χ0v) is 13.1. The standard InChI is InChI=1S/C16H18Cl2N2/c1-3-9-5-11(7-13(17)15(9)19)12-6-10(4-2)16(20)14(18)8-12/h5-8H,3-4,19-20H2,1-2H3. The van der Waals surface area contributed by atoms with E-state index < -0.39 is 0 Å². The van der Waals surface area contributed by atoms with Crippen LogP contribution in [0.2, 0.25) is 10.0 Å². The number of rotatable bonds is 3. The van der Waals surface area contributed by atoms with E-state index in [0.717, 1.165) is 35.1 Å². The molecule has 0 saturated heterocycles. The third kappa shape index (κ3) is 2.72. The molecule has 0 aliphatic rings. The second kappa shape index (κ2) is 5.94. The van der Waals surface area contributed by atoms with Crippen molar-refractivity contribution in [2.24, 2.45) is 0 Å². The Morgan fingerprint density at radius 3 is 1.40 bits per heavy atom. The highest BCUT2D eigenvalue weighted by Gasteiger charge is 2.10. The third-order valence-corrected chi connectivity index (χ3v) is 4.15. The monoisotopic (exact) mass is 308 g/mol. The predicted molar refractivity (Wildman–Crippen MR) is 89.5 cm³/mol. The molecule has 0 radical (unpaired) electrons. The van der Waals surface area contributed by atoms with Crippen LogP contribution in [0.25, 0.3) is 11.1 Å². The van der Waals surface area contributed by atoms with Crippen LogP contribution in [0.4, 0.5) is 11.4 Å². The van der Waals surface area contributed by atoms with Gasteiger partial charge in [0.1, 0.15) is 0 Å². The molecule has 0 unspecified atom stereocenters. The van der Waals surface area contributed by atoms with Crippen molar-refractivity contribution >= 4 is 34.6 Å². The molecule has 0 amide bonds. The summed E-state index contributed by atoms with van der Waals surface area (Å²) < 4.78 is 0. The summed E-state index contributed by atoms with van der Waals surface area (Å²) in [4.78, 5) is 0. The fourth-order valence-corrected chi connectivity index (χ4v) is 2.75. The van der Waals surface area contributed by atoms with Crippen molar-refractivity contribution in [3.05, 3.63) is 45.4 Å². The molecule has 2 aromatic rings. The number of halogens is 2. The van der Waals surface area contributed by atoms with Gasteiger partial charge in [-0.15, -0.1) is 0 Å². The molecule has 0 bridgehead atoms. The van der Waals surface area contributed by atoms with E-state index >= 15 is 0 Å². The summed E-state index contributed by atoms with van der Waals surface area (Å²) >= 11 is 12.4. The predicted octanol–water partition coefficient (Wildman–Crippen LogP) is 4.95. The highest BCUT2D eigenvalue weighted by molar-refractivity contribution is 6.34. The van der Waals surface area contributed by atoms with Gasteiger partial charge >= 0.3 is 0 Å². The minimum atomic E-state index is 0.574. The van der Waals surface area contributed by atoms with Gasteiger partial charge in [-0.2, -0.15) is 0 Å². The van der Waals surface area contributed by atoms with Gasteiger partial charge in [-0.25, -0.2) is 0 Å². The smallest absolute Gasteiger partial charge is 0.0644 e. The highest BCUT2D eigenvalue weighted by atomic mass is 35.5. The van der Waals surface area contributed by atoms with E-state index in [0.29, 0.717) is 21.4 Å². The van der Waals surface area contributed by atoms with Crippen LogP contribution in [0.5, 0.6) is 0 Å². The summed E-state index contributed by atoms with van der Waals surface area (Å²) in [5.41, 5.74) is 17.3. The molecular formula is C16H18Cl2N2. The molecule has 0 atom stereocenters. The molecule has 0 saturated carbocycles. The number of nitrogen functional groups attached to an aromatic ring is 2. The van der Waals surface area contributed by atoms with Gasteiger partial charge < -0.3 is 11.5 Å². The summed E-state index contributed by atoms with van der Waals surface area (Å²) in [7, 11) is 0. The zero-order valence-electron chi connectivity index (χ0n) is 11.6. The third-order valence-electron chi connectivity index (χ3n) is 3.53. The SMILES string of the molecule is CCc1cc(-c2cc(Cl)c(N)c(CC)c2)cc(Cl)c1N. The van der Waals surface area contributed by atoms with E-state index in [9.17, 15) is 0 Å². The second-order valence-corrected chi connectivity index (χ2v) is 5.58. The first-order valence-electron chi connectivity index (χ1n) is 6.64. The number of anilines is 2. The molecule has 4 heteroatoms. The number of nitrogens with two attached hydrogens (primary N) is 2. The van der Waals surface area contributed by atoms with Crippen molar-refractivity contribution in [1.82, 2.24) is 0 Å². The molecule has 0 fully saturated rings. The van der Waals surface area contributed by atoms with Crippen LogP contribution in [0.15, 0.2) is 24.3 Å². The lowest BCUT2D eigenvalue weighted by Gasteiger charge is -2.13. The number of aryl methyl sites for hydroxylation is 2. The van der Waals surface area contributed by atoms with Gasteiger partial charge in [-0.05, 0) is 59.4 Å². The second-order valence-electron chi connectivity index (χ2n) is 4.77. The summed E-state index contributed by atoms with van der Waals surface area (Å²) in [6.45, 7) is 4.11. The van der Waals surface area contributed by atoms with E-state index in [1.54, 1.807) is 0 Å². The van der Waals surface area contributed by atoms with Gasteiger partial charge in [0.05, 0.1) is 21.4 Å². The first-order chi connectivity index (χ1) is 9.47. The highest BCUT2D eigenvalue weighted by Crippen LogP contribution is 2.35. The Morgan fingerprint density at radius 1 is 0.750 bits per heavy atom. The lowest BCUT2D eigenvalue weighted by Crippen LogP contribution is -1.97. The van der Waals surface area contributed by atoms with Crippen molar-refractivity contribution in [3.8, 4) is 11.1 Å². The van der Waals surface area contributed by atoms with Gasteiger partial charge in [0.15, 0.2) is 0 Å². The van der Waals surface area contributed by atoms with E-state index in [4.69, 9.17) is 34.7 Å². The van der Waals surface area contributed by atoms with Crippen molar-refractivity contribution in [2.75, 3.05) is 11.5 Å². The summed E-state index contributed by atoms with van der Waals surface area (Å²) in [6, 6.07) is 7.86. The summed E-state index contributed by atoms with van der Waals surface area (Å²) in [5, 5.41) is 1.15. The minimum Gasteiger partial charge on any atom is -0.397 e. The van der Waals surface area contributed by atoms with Crippen molar-refractivity contribution in [2.45, 2.75) is 26.7 Å². The van der Waals surface area contributed by atoms with Crippen molar-refractivity contribution in [1.29, 1.82) is 0 Å². The van der Waals surface area contributed by atoms with E-state index in [-0.39, 0.29) is 0 Å². The van der Waals surface area contributed by atoms with E-state index in [1.165, 1.54) is 0 Å². The fraction of sp³-hybridized carbons (Fsp3) is 0.250. The van der Waals surface area contributed by atoms with Gasteiger partial charge in [-0.1, -0.05) is 37.0 Å². The summed E-state index contributed by atoms with van der Waals surface area (Å²) in [6.07, 6.45) is 1.67. The molecule has 2 aromatic carbocycles. The maximum atomic E-state index is 6.21. The Kier molecular flexibility index (Phi) is 4.46. The van der Waals surface area contributed by atoms with Gasteiger partial charge in [-0.3, -0.25) is 0 Å². The van der Waals surface area contributed by atoms with E-state index in [2.05, 4.69) is 26.0 Å². The van der Waals surface area contributed by atoms with Crippen molar-refractivity contribution in [3.63, 3.8) is 0 Å². The first-order valence-corrected chi connectivity index (χ1v) is 7.39. The molecule has 2 rings (SSSR count). The van der Waals surface area contributed by atoms with Crippen LogP contribution >= 0.6 is 23.2 Å². The molecule has 4 N–H and O–H groups in total. The Morgan fingerprint density at radius 2 is 1.10 bits per heavy atom.